The second-order valence-corrected chi connectivity index (χ2v) is 9.13. The first-order valence-electron chi connectivity index (χ1n) is 9.90. The van der Waals surface area contributed by atoms with Crippen molar-refractivity contribution >= 4 is 16.1 Å². The summed E-state index contributed by atoms with van der Waals surface area (Å²) >= 11 is 0. The van der Waals surface area contributed by atoms with E-state index in [9.17, 15) is 17.8 Å². The maximum absolute atomic E-state index is 11.4. The number of hydrogen-bond acceptors (Lipinski definition) is 9. The summed E-state index contributed by atoms with van der Waals surface area (Å²) in [5.74, 6) is -0.429. The van der Waals surface area contributed by atoms with E-state index < -0.39 is 21.5 Å². The maximum Gasteiger partial charge on any atom is 0.333 e. The van der Waals surface area contributed by atoms with Crippen LogP contribution in [0, 0.1) is 12.3 Å². The van der Waals surface area contributed by atoms with Gasteiger partial charge in [0.25, 0.3) is 10.1 Å². The molecule has 1 aromatic rings. The number of carbonyl (C=O) groups is 1. The standard InChI is InChI=1S/C20H33NO9S/c1-16-5-6-18(31(23,24)25)17(15-16)7-8-26-9-10-27-11-12-28-13-14-29-21-30-19(22)20(2,3)4/h5-6,15,21H,7-14H2,1-4H3,(H,23,24,25). The molecule has 0 heterocycles. The Balaban J connectivity index is 2.00. The number of hydrogen-bond donors (Lipinski definition) is 2. The molecule has 0 radical (unpaired) electrons. The Labute approximate surface area is 183 Å². The fourth-order valence-corrected chi connectivity index (χ4v) is 2.97. The Hall–Kier alpha value is -1.60. The Morgan fingerprint density at radius 2 is 1.52 bits per heavy atom. The molecule has 178 valence electrons. The zero-order valence-electron chi connectivity index (χ0n) is 18.5. The third-order valence-electron chi connectivity index (χ3n) is 3.89. The zero-order valence-corrected chi connectivity index (χ0v) is 19.3. The van der Waals surface area contributed by atoms with Gasteiger partial charge in [-0.1, -0.05) is 17.7 Å². The van der Waals surface area contributed by atoms with Crippen LogP contribution in [0.15, 0.2) is 23.1 Å². The minimum Gasteiger partial charge on any atom is -0.379 e. The van der Waals surface area contributed by atoms with Crippen LogP contribution in [0.1, 0.15) is 31.9 Å². The van der Waals surface area contributed by atoms with E-state index in [0.29, 0.717) is 51.6 Å². The molecule has 1 aromatic carbocycles. The molecule has 0 saturated heterocycles. The Kier molecular flexibility index (Phi) is 12.2. The summed E-state index contributed by atoms with van der Waals surface area (Å²) in [6.07, 6.45) is 0.360. The maximum atomic E-state index is 11.4. The number of ether oxygens (including phenoxy) is 3. The first kappa shape index (κ1) is 27.4. The van der Waals surface area contributed by atoms with Crippen molar-refractivity contribution in [1.82, 2.24) is 5.64 Å². The van der Waals surface area contributed by atoms with Gasteiger partial charge in [0.2, 0.25) is 0 Å². The zero-order chi connectivity index (χ0) is 23.3. The molecule has 1 rings (SSSR count). The van der Waals surface area contributed by atoms with Gasteiger partial charge in [-0.25, -0.2) is 4.79 Å². The smallest absolute Gasteiger partial charge is 0.333 e. The van der Waals surface area contributed by atoms with Gasteiger partial charge in [0.15, 0.2) is 0 Å². The summed E-state index contributed by atoms with van der Waals surface area (Å²) < 4.78 is 48.2. The number of carbonyl (C=O) groups excluding carboxylic acids is 1. The van der Waals surface area contributed by atoms with E-state index in [1.54, 1.807) is 32.9 Å². The SMILES string of the molecule is Cc1ccc(S(=O)(=O)O)c(CCOCCOCCOCCONOC(=O)C(C)(C)C)c1. The molecular formula is C20H33NO9S. The van der Waals surface area contributed by atoms with E-state index in [4.69, 9.17) is 23.9 Å². The van der Waals surface area contributed by atoms with Crippen molar-refractivity contribution in [3.05, 3.63) is 29.3 Å². The molecular weight excluding hydrogens is 430 g/mol. The lowest BCUT2D eigenvalue weighted by Crippen LogP contribution is -2.30. The van der Waals surface area contributed by atoms with Gasteiger partial charge in [-0.2, -0.15) is 8.42 Å². The molecule has 0 bridgehead atoms. The Morgan fingerprint density at radius 3 is 2.06 bits per heavy atom. The largest absolute Gasteiger partial charge is 0.379 e. The molecule has 0 amide bonds. The van der Waals surface area contributed by atoms with Gasteiger partial charge < -0.3 is 19.0 Å². The van der Waals surface area contributed by atoms with Crippen molar-refractivity contribution in [2.24, 2.45) is 5.41 Å². The van der Waals surface area contributed by atoms with Gasteiger partial charge in [0.1, 0.15) is 0 Å². The second kappa shape index (κ2) is 13.7. The van der Waals surface area contributed by atoms with Crippen molar-refractivity contribution in [3.63, 3.8) is 0 Å². The minimum absolute atomic E-state index is 0.0957. The van der Waals surface area contributed by atoms with Crippen LogP contribution in [-0.2, 0) is 45.2 Å². The van der Waals surface area contributed by atoms with Crippen LogP contribution >= 0.6 is 0 Å². The van der Waals surface area contributed by atoms with Crippen LogP contribution in [0.5, 0.6) is 0 Å². The van der Waals surface area contributed by atoms with Crippen molar-refractivity contribution < 1.29 is 41.7 Å². The lowest BCUT2D eigenvalue weighted by Gasteiger charge is -2.15. The topological polar surface area (TPSA) is 130 Å². The summed E-state index contributed by atoms with van der Waals surface area (Å²) in [6, 6.07) is 4.74. The fraction of sp³-hybridized carbons (Fsp3) is 0.650. The van der Waals surface area contributed by atoms with Gasteiger partial charge >= 0.3 is 5.97 Å². The molecule has 0 saturated carbocycles. The van der Waals surface area contributed by atoms with Gasteiger partial charge in [0.05, 0.1) is 56.6 Å². The number of nitrogens with one attached hydrogen (secondary N) is 1. The van der Waals surface area contributed by atoms with Crippen LogP contribution in [0.2, 0.25) is 0 Å². The normalized spacial score (nSPS) is 12.2. The van der Waals surface area contributed by atoms with Gasteiger partial charge in [-0.3, -0.25) is 9.39 Å². The molecule has 0 spiro atoms. The van der Waals surface area contributed by atoms with Gasteiger partial charge in [0, 0.05) is 0 Å². The van der Waals surface area contributed by atoms with Crippen molar-refractivity contribution in [3.8, 4) is 0 Å². The Bertz CT molecular complexity index is 775. The van der Waals surface area contributed by atoms with Crippen LogP contribution in [-0.4, -0.2) is 65.2 Å². The van der Waals surface area contributed by atoms with Crippen molar-refractivity contribution in [2.75, 3.05) is 46.2 Å². The third kappa shape index (κ3) is 12.1. The summed E-state index contributed by atoms with van der Waals surface area (Å²) in [4.78, 5) is 21.0. The predicted molar refractivity (Wildman–Crippen MR) is 112 cm³/mol. The Morgan fingerprint density at radius 1 is 0.968 bits per heavy atom. The molecule has 0 aliphatic rings. The molecule has 0 fully saturated rings. The molecule has 0 aliphatic heterocycles. The monoisotopic (exact) mass is 463 g/mol. The highest BCUT2D eigenvalue weighted by atomic mass is 32.2. The van der Waals surface area contributed by atoms with Crippen LogP contribution < -0.4 is 5.64 Å². The van der Waals surface area contributed by atoms with Gasteiger partial charge in [-0.15, -0.1) is 0 Å². The molecule has 31 heavy (non-hydrogen) atoms. The average molecular weight is 464 g/mol. The summed E-state index contributed by atoms with van der Waals surface area (Å²) in [5.41, 5.74) is 2.93. The highest BCUT2D eigenvalue weighted by Gasteiger charge is 2.23. The predicted octanol–water partition coefficient (Wildman–Crippen LogP) is 1.86. The first-order chi connectivity index (χ1) is 14.5. The summed E-state index contributed by atoms with van der Waals surface area (Å²) in [6.45, 7) is 9.29. The molecule has 0 atom stereocenters. The van der Waals surface area contributed by atoms with Gasteiger partial charge in [-0.05, 0) is 51.4 Å². The highest BCUT2D eigenvalue weighted by Crippen LogP contribution is 2.18. The molecule has 2 N–H and O–H groups in total. The van der Waals surface area contributed by atoms with E-state index >= 15 is 0 Å². The molecule has 11 heteroatoms. The molecule has 0 aliphatic carbocycles. The van der Waals surface area contributed by atoms with Crippen LogP contribution in [0.4, 0.5) is 0 Å². The minimum atomic E-state index is -4.26. The molecule has 0 unspecified atom stereocenters. The third-order valence-corrected chi connectivity index (χ3v) is 4.84. The van der Waals surface area contributed by atoms with E-state index in [-0.39, 0.29) is 11.5 Å². The average Bonchev–Trinajstić information content (AvgIpc) is 2.66. The lowest BCUT2D eigenvalue weighted by molar-refractivity contribution is -0.203. The highest BCUT2D eigenvalue weighted by molar-refractivity contribution is 7.85. The fourth-order valence-electron chi connectivity index (χ4n) is 2.24. The summed E-state index contributed by atoms with van der Waals surface area (Å²) in [5, 5.41) is 0. The first-order valence-corrected chi connectivity index (χ1v) is 11.3. The molecule has 0 aromatic heterocycles. The van der Waals surface area contributed by atoms with E-state index in [1.807, 2.05) is 6.92 Å². The molecule has 10 nitrogen and oxygen atoms in total. The van der Waals surface area contributed by atoms with Crippen LogP contribution in [0.25, 0.3) is 0 Å². The quantitative estimate of drug-likeness (QED) is 0.226. The number of aryl methyl sites for hydroxylation is 1. The van der Waals surface area contributed by atoms with Crippen molar-refractivity contribution in [1.29, 1.82) is 0 Å². The van der Waals surface area contributed by atoms with Crippen molar-refractivity contribution in [2.45, 2.75) is 39.0 Å². The number of rotatable bonds is 15. The van der Waals surface area contributed by atoms with E-state index in [2.05, 4.69) is 5.64 Å². The number of benzene rings is 1. The second-order valence-electron chi connectivity index (χ2n) is 7.74. The van der Waals surface area contributed by atoms with E-state index in [0.717, 1.165) is 5.56 Å². The van der Waals surface area contributed by atoms with Crippen LogP contribution in [0.3, 0.4) is 0 Å². The lowest BCUT2D eigenvalue weighted by atomic mass is 9.98. The van der Waals surface area contributed by atoms with E-state index in [1.165, 1.54) is 6.07 Å². The summed E-state index contributed by atoms with van der Waals surface area (Å²) in [7, 11) is -4.26.